The molecule has 1 rings (SSSR count). The molecular weight excluding hydrogens is 287 g/mol. The summed E-state index contributed by atoms with van der Waals surface area (Å²) in [5, 5.41) is 8.71. The molecule has 1 aromatic rings. The van der Waals surface area contributed by atoms with E-state index in [0.29, 0.717) is 6.07 Å². The molecule has 0 spiro atoms. The van der Waals surface area contributed by atoms with Crippen LogP contribution in [0.1, 0.15) is 17.3 Å². The maximum atomic E-state index is 12.2. The van der Waals surface area contributed by atoms with Gasteiger partial charge in [-0.05, 0) is 25.1 Å². The number of alkyl halides is 3. The zero-order chi connectivity index (χ0) is 14.6. The topological polar surface area (TPSA) is 81.6 Å². The van der Waals surface area contributed by atoms with Crippen molar-refractivity contribution < 1.29 is 32.4 Å². The number of nitrogens with one attached hydrogen (secondary N) is 1. The van der Waals surface area contributed by atoms with Gasteiger partial charge in [0, 0.05) is 0 Å². The molecule has 0 amide bonds. The molecule has 5 nitrogen and oxygen atoms in total. The summed E-state index contributed by atoms with van der Waals surface area (Å²) in [5.74, 6) is -1.96. The molecule has 106 valence electrons. The van der Waals surface area contributed by atoms with Crippen LogP contribution in [0.25, 0.3) is 0 Å². The maximum Gasteiger partial charge on any atom is 0.573 e. The van der Waals surface area contributed by atoms with E-state index in [0.717, 1.165) is 12.1 Å². The molecule has 0 radical (unpaired) electrons. The Labute approximate surface area is 109 Å². The van der Waals surface area contributed by atoms with Gasteiger partial charge >= 0.3 is 12.3 Å². The number of anilines is 1. The lowest BCUT2D eigenvalue weighted by Gasteiger charge is -2.16. The first kappa shape index (κ1) is 15.4. The molecule has 0 saturated heterocycles. The van der Waals surface area contributed by atoms with Gasteiger partial charge < -0.3 is 14.4 Å². The van der Waals surface area contributed by atoms with Crippen LogP contribution in [0.3, 0.4) is 0 Å². The second-order valence-corrected chi connectivity index (χ2v) is 4.77. The van der Waals surface area contributed by atoms with E-state index in [1.807, 2.05) is 0 Å². The monoisotopic (exact) mass is 297 g/mol. The quantitative estimate of drug-likeness (QED) is 0.815. The SMILES string of the molecule is CC[S+]([O-])Nc1ccc(C(=O)O)cc1OC(F)(F)F. The molecule has 0 heterocycles. The third-order valence-electron chi connectivity index (χ3n) is 1.94. The fourth-order valence-corrected chi connectivity index (χ4v) is 1.70. The van der Waals surface area contributed by atoms with Gasteiger partial charge in [-0.3, -0.25) is 0 Å². The molecule has 0 aliphatic heterocycles. The van der Waals surface area contributed by atoms with Crippen molar-refractivity contribution in [3.05, 3.63) is 23.8 Å². The van der Waals surface area contributed by atoms with E-state index < -0.39 is 29.4 Å². The normalized spacial score (nSPS) is 12.9. The molecule has 0 saturated carbocycles. The van der Waals surface area contributed by atoms with Gasteiger partial charge in [-0.1, -0.05) is 0 Å². The van der Waals surface area contributed by atoms with Crippen LogP contribution in [0.2, 0.25) is 0 Å². The van der Waals surface area contributed by atoms with Crippen LogP contribution in [-0.4, -0.2) is 27.7 Å². The minimum Gasteiger partial charge on any atom is -0.593 e. The van der Waals surface area contributed by atoms with E-state index in [2.05, 4.69) is 9.46 Å². The van der Waals surface area contributed by atoms with Crippen molar-refractivity contribution in [2.75, 3.05) is 10.5 Å². The average molecular weight is 297 g/mol. The van der Waals surface area contributed by atoms with Crippen LogP contribution in [0.5, 0.6) is 5.75 Å². The second-order valence-electron chi connectivity index (χ2n) is 3.30. The van der Waals surface area contributed by atoms with Crippen molar-refractivity contribution in [3.63, 3.8) is 0 Å². The van der Waals surface area contributed by atoms with Gasteiger partial charge in [0.25, 0.3) is 0 Å². The number of carbonyl (C=O) groups is 1. The highest BCUT2D eigenvalue weighted by atomic mass is 32.2. The van der Waals surface area contributed by atoms with Crippen molar-refractivity contribution in [1.82, 2.24) is 0 Å². The maximum absolute atomic E-state index is 12.2. The molecule has 0 aromatic heterocycles. The Morgan fingerprint density at radius 1 is 1.53 bits per heavy atom. The summed E-state index contributed by atoms with van der Waals surface area (Å²) in [4.78, 5) is 10.7. The Bertz CT molecular complexity index is 467. The molecule has 0 bridgehead atoms. The van der Waals surface area contributed by atoms with E-state index in [9.17, 15) is 22.5 Å². The molecule has 0 aliphatic carbocycles. The van der Waals surface area contributed by atoms with Gasteiger partial charge in [-0.25, -0.2) is 9.52 Å². The van der Waals surface area contributed by atoms with Crippen molar-refractivity contribution >= 4 is 23.0 Å². The molecule has 1 unspecified atom stereocenters. The summed E-state index contributed by atoms with van der Waals surface area (Å²) in [6.07, 6.45) is -4.97. The van der Waals surface area contributed by atoms with Crippen LogP contribution in [0.15, 0.2) is 18.2 Å². The standard InChI is InChI=1S/C10H10F3NO4S/c1-2-19(17)14-7-4-3-6(9(15)16)5-8(7)18-10(11,12)13/h3-5,14H,2H2,1H3,(H,15,16). The average Bonchev–Trinajstić information content (AvgIpc) is 2.29. The highest BCUT2D eigenvalue weighted by Crippen LogP contribution is 2.32. The Balaban J connectivity index is 3.11. The third kappa shape index (κ3) is 4.87. The van der Waals surface area contributed by atoms with Gasteiger partial charge in [-0.2, -0.15) is 0 Å². The Morgan fingerprint density at radius 3 is 2.63 bits per heavy atom. The van der Waals surface area contributed by atoms with Gasteiger partial charge in [0.1, 0.15) is 11.4 Å². The summed E-state index contributed by atoms with van der Waals surface area (Å²) in [5.41, 5.74) is -0.561. The summed E-state index contributed by atoms with van der Waals surface area (Å²) in [6.45, 7) is 1.57. The van der Waals surface area contributed by atoms with Crippen molar-refractivity contribution in [1.29, 1.82) is 0 Å². The largest absolute Gasteiger partial charge is 0.593 e. The number of aromatic carboxylic acids is 1. The number of ether oxygens (including phenoxy) is 1. The number of halogens is 3. The predicted molar refractivity (Wildman–Crippen MR) is 62.4 cm³/mol. The minimum absolute atomic E-state index is 0.173. The van der Waals surface area contributed by atoms with E-state index in [4.69, 9.17) is 5.11 Å². The Hall–Kier alpha value is -1.61. The molecule has 1 aromatic carbocycles. The van der Waals surface area contributed by atoms with Gasteiger partial charge in [0.15, 0.2) is 5.75 Å². The minimum atomic E-state index is -4.97. The van der Waals surface area contributed by atoms with Crippen LogP contribution >= 0.6 is 0 Å². The number of hydrogen-bond donors (Lipinski definition) is 2. The molecule has 19 heavy (non-hydrogen) atoms. The lowest BCUT2D eigenvalue weighted by molar-refractivity contribution is -0.274. The van der Waals surface area contributed by atoms with Crippen LogP contribution in [0.4, 0.5) is 18.9 Å². The molecule has 0 fully saturated rings. The zero-order valence-electron chi connectivity index (χ0n) is 9.65. The summed E-state index contributed by atoms with van der Waals surface area (Å²) in [6, 6.07) is 2.86. The van der Waals surface area contributed by atoms with Crippen molar-refractivity contribution in [2.45, 2.75) is 13.3 Å². The third-order valence-corrected chi connectivity index (χ3v) is 2.91. The summed E-state index contributed by atoms with van der Waals surface area (Å²) >= 11 is -1.58. The van der Waals surface area contributed by atoms with Crippen LogP contribution < -0.4 is 9.46 Å². The van der Waals surface area contributed by atoms with E-state index in [1.54, 1.807) is 6.92 Å². The first-order chi connectivity index (χ1) is 8.73. The number of hydrogen-bond acceptors (Lipinski definition) is 4. The molecule has 1 atom stereocenters. The summed E-state index contributed by atoms with van der Waals surface area (Å²) in [7, 11) is 0. The smallest absolute Gasteiger partial charge is 0.573 e. The molecule has 2 N–H and O–H groups in total. The van der Waals surface area contributed by atoms with E-state index in [-0.39, 0.29) is 17.0 Å². The molecule has 0 aliphatic rings. The highest BCUT2D eigenvalue weighted by Gasteiger charge is 2.33. The lowest BCUT2D eigenvalue weighted by atomic mass is 10.2. The molecular formula is C10H10F3NO4S. The van der Waals surface area contributed by atoms with Crippen molar-refractivity contribution in [3.8, 4) is 5.75 Å². The predicted octanol–water partition coefficient (Wildman–Crippen LogP) is 2.38. The highest BCUT2D eigenvalue weighted by molar-refractivity contribution is 7.92. The first-order valence-corrected chi connectivity index (χ1v) is 6.33. The first-order valence-electron chi connectivity index (χ1n) is 5.01. The van der Waals surface area contributed by atoms with Gasteiger partial charge in [-0.15, -0.1) is 13.2 Å². The van der Waals surface area contributed by atoms with E-state index >= 15 is 0 Å². The second kappa shape index (κ2) is 6.02. The van der Waals surface area contributed by atoms with Crippen LogP contribution in [-0.2, 0) is 11.4 Å². The number of carboxylic acid groups (broad SMARTS) is 1. The molecule has 9 heteroatoms. The fraction of sp³-hybridized carbons (Fsp3) is 0.300. The number of benzene rings is 1. The number of carboxylic acids is 1. The van der Waals surface area contributed by atoms with Gasteiger partial charge in [0.2, 0.25) is 0 Å². The van der Waals surface area contributed by atoms with E-state index in [1.165, 1.54) is 0 Å². The fourth-order valence-electron chi connectivity index (χ4n) is 1.14. The Kier molecular flexibility index (Phi) is 4.90. The van der Waals surface area contributed by atoms with Crippen LogP contribution in [0, 0.1) is 0 Å². The Morgan fingerprint density at radius 2 is 2.16 bits per heavy atom. The lowest BCUT2D eigenvalue weighted by Crippen LogP contribution is -2.20. The van der Waals surface area contributed by atoms with Gasteiger partial charge in [0.05, 0.1) is 16.9 Å². The van der Waals surface area contributed by atoms with Crippen molar-refractivity contribution in [2.24, 2.45) is 0 Å². The zero-order valence-corrected chi connectivity index (χ0v) is 10.5. The summed E-state index contributed by atoms with van der Waals surface area (Å²) < 4.78 is 53.9. The number of rotatable bonds is 5.